The second kappa shape index (κ2) is 8.44. The Kier molecular flexibility index (Phi) is 5.38. The van der Waals surface area contributed by atoms with Crippen LogP contribution in [0.5, 0.6) is 0 Å². The molecule has 1 N–H and O–H groups in total. The van der Waals surface area contributed by atoms with Crippen LogP contribution >= 0.6 is 0 Å². The minimum atomic E-state index is -0.162. The van der Waals surface area contributed by atoms with Gasteiger partial charge in [-0.2, -0.15) is 0 Å². The fourth-order valence-electron chi connectivity index (χ4n) is 3.21. The highest BCUT2D eigenvalue weighted by Gasteiger charge is 2.14. The van der Waals surface area contributed by atoms with Crippen molar-refractivity contribution in [2.24, 2.45) is 0 Å². The summed E-state index contributed by atoms with van der Waals surface area (Å²) in [5, 5.41) is 3.05. The lowest BCUT2D eigenvalue weighted by Gasteiger charge is -2.14. The molecule has 0 saturated carbocycles. The molecule has 0 bridgehead atoms. The summed E-state index contributed by atoms with van der Waals surface area (Å²) < 4.78 is 7.43. The Morgan fingerprint density at radius 2 is 1.86 bits per heavy atom. The van der Waals surface area contributed by atoms with Gasteiger partial charge in [-0.05, 0) is 42.3 Å². The zero-order valence-corrected chi connectivity index (χ0v) is 16.1. The maximum absolute atomic E-state index is 13.1. The first kappa shape index (κ1) is 18.5. The first-order chi connectivity index (χ1) is 14.2. The second-order valence-corrected chi connectivity index (χ2v) is 6.60. The predicted molar refractivity (Wildman–Crippen MR) is 113 cm³/mol. The zero-order chi connectivity index (χ0) is 20.1. The molecule has 1 amide bonds. The van der Waals surface area contributed by atoms with E-state index in [0.29, 0.717) is 17.9 Å². The fourth-order valence-corrected chi connectivity index (χ4v) is 3.21. The van der Waals surface area contributed by atoms with Crippen LogP contribution in [-0.2, 0) is 11.3 Å². The molecule has 0 aliphatic heterocycles. The molecule has 2 heterocycles. The van der Waals surface area contributed by atoms with E-state index < -0.39 is 0 Å². The van der Waals surface area contributed by atoms with Gasteiger partial charge in [0.15, 0.2) is 0 Å². The topological polar surface area (TPSA) is 60.1 Å². The summed E-state index contributed by atoms with van der Waals surface area (Å²) in [4.78, 5) is 17.4. The first-order valence-electron chi connectivity index (χ1n) is 9.39. The average molecular weight is 383 g/mol. The van der Waals surface area contributed by atoms with E-state index in [9.17, 15) is 4.79 Å². The van der Waals surface area contributed by atoms with Gasteiger partial charge in [0.2, 0.25) is 0 Å². The molecule has 0 saturated heterocycles. The minimum Gasteiger partial charge on any atom is -0.465 e. The molecule has 2 aromatic carbocycles. The van der Waals surface area contributed by atoms with E-state index in [-0.39, 0.29) is 5.91 Å². The van der Waals surface area contributed by atoms with Crippen molar-refractivity contribution in [2.75, 3.05) is 0 Å². The van der Waals surface area contributed by atoms with Gasteiger partial charge in [0.25, 0.3) is 5.91 Å². The predicted octanol–water partition coefficient (Wildman–Crippen LogP) is 4.63. The molecule has 0 unspecified atom stereocenters. The Balaban J connectivity index is 1.59. The molecule has 4 aromatic rings. The average Bonchev–Trinajstić information content (AvgIpc) is 3.43. The van der Waals surface area contributed by atoms with Crippen molar-refractivity contribution in [3.05, 3.63) is 108 Å². The van der Waals surface area contributed by atoms with Crippen molar-refractivity contribution in [1.82, 2.24) is 14.9 Å². The first-order valence-corrected chi connectivity index (χ1v) is 9.39. The molecule has 5 heteroatoms. The molecule has 0 aliphatic carbocycles. The molecule has 0 fully saturated rings. The Bertz CT molecular complexity index is 1130. The number of benzene rings is 2. The van der Waals surface area contributed by atoms with Crippen LogP contribution in [0.15, 0.2) is 89.8 Å². The molecule has 5 nitrogen and oxygen atoms in total. The zero-order valence-electron chi connectivity index (χ0n) is 16.1. The number of furan rings is 1. The molecule has 0 radical (unpaired) electrons. The van der Waals surface area contributed by atoms with E-state index in [1.54, 1.807) is 24.6 Å². The molecule has 2 aromatic heterocycles. The van der Waals surface area contributed by atoms with Gasteiger partial charge in [-0.15, -0.1) is 0 Å². The van der Waals surface area contributed by atoms with Gasteiger partial charge < -0.3 is 14.3 Å². The van der Waals surface area contributed by atoms with E-state index in [4.69, 9.17) is 4.42 Å². The van der Waals surface area contributed by atoms with Crippen LogP contribution in [0.4, 0.5) is 0 Å². The molecule has 0 atom stereocenters. The monoisotopic (exact) mass is 383 g/mol. The molecule has 29 heavy (non-hydrogen) atoms. The Hall–Kier alpha value is -3.86. The van der Waals surface area contributed by atoms with Gasteiger partial charge in [0, 0.05) is 18.9 Å². The third-order valence-electron chi connectivity index (χ3n) is 4.68. The van der Waals surface area contributed by atoms with Crippen molar-refractivity contribution in [3.8, 4) is 5.69 Å². The molecular formula is C24H21N3O2. The highest BCUT2D eigenvalue weighted by Crippen LogP contribution is 2.20. The summed E-state index contributed by atoms with van der Waals surface area (Å²) in [6.45, 7) is 2.35. The lowest BCUT2D eigenvalue weighted by atomic mass is 10.0. The van der Waals surface area contributed by atoms with Crippen LogP contribution in [0.1, 0.15) is 22.7 Å². The largest absolute Gasteiger partial charge is 0.465 e. The van der Waals surface area contributed by atoms with Crippen molar-refractivity contribution in [1.29, 1.82) is 0 Å². The van der Waals surface area contributed by atoms with E-state index in [1.807, 2.05) is 78.4 Å². The molecule has 0 spiro atoms. The third kappa shape index (κ3) is 4.19. The number of hydrogen-bond acceptors (Lipinski definition) is 3. The fraction of sp³-hybridized carbons (Fsp3) is 0.0833. The number of amides is 1. The maximum atomic E-state index is 13.1. The third-order valence-corrected chi connectivity index (χ3v) is 4.68. The van der Waals surface area contributed by atoms with E-state index in [2.05, 4.69) is 10.3 Å². The number of carbonyl (C=O) groups excluding carboxylic acids is 1. The normalized spacial score (nSPS) is 11.4. The summed E-state index contributed by atoms with van der Waals surface area (Å²) in [7, 11) is 0. The molecular weight excluding hydrogens is 362 g/mol. The van der Waals surface area contributed by atoms with Gasteiger partial charge in [-0.1, -0.05) is 48.5 Å². The number of hydrogen-bond donors (Lipinski definition) is 1. The summed E-state index contributed by atoms with van der Waals surface area (Å²) in [6, 6.07) is 21.2. The standard InChI is InChI=1S/C24H21N3O2/c1-18-25-13-14-27(18)23-12-6-5-10-20(23)17-26-24(28)22(16-21-11-7-15-29-21)19-8-3-2-4-9-19/h2-16H,17H2,1H3,(H,26,28)/b22-16+. The van der Waals surface area contributed by atoms with Crippen molar-refractivity contribution < 1.29 is 9.21 Å². The SMILES string of the molecule is Cc1nccn1-c1ccccc1CNC(=O)/C(=C/c1ccco1)c1ccccc1. The number of aryl methyl sites for hydroxylation is 1. The Morgan fingerprint density at radius 3 is 2.59 bits per heavy atom. The number of imidazole rings is 1. The van der Waals surface area contributed by atoms with Gasteiger partial charge in [0.05, 0.1) is 17.5 Å². The minimum absolute atomic E-state index is 0.162. The van der Waals surface area contributed by atoms with Crippen LogP contribution in [0.25, 0.3) is 17.3 Å². The van der Waals surface area contributed by atoms with Crippen LogP contribution in [0.2, 0.25) is 0 Å². The summed E-state index contributed by atoms with van der Waals surface area (Å²) >= 11 is 0. The van der Waals surface area contributed by atoms with Gasteiger partial charge in [-0.25, -0.2) is 4.98 Å². The van der Waals surface area contributed by atoms with Crippen LogP contribution in [0, 0.1) is 6.92 Å². The number of nitrogens with one attached hydrogen (secondary N) is 1. The van der Waals surface area contributed by atoms with Crippen molar-refractivity contribution in [2.45, 2.75) is 13.5 Å². The van der Waals surface area contributed by atoms with Crippen molar-refractivity contribution >= 4 is 17.6 Å². The van der Waals surface area contributed by atoms with E-state index >= 15 is 0 Å². The number of rotatable bonds is 6. The maximum Gasteiger partial charge on any atom is 0.252 e. The van der Waals surface area contributed by atoms with Crippen LogP contribution in [-0.4, -0.2) is 15.5 Å². The highest BCUT2D eigenvalue weighted by atomic mass is 16.3. The number of aromatic nitrogens is 2. The lowest BCUT2D eigenvalue weighted by molar-refractivity contribution is -0.115. The van der Waals surface area contributed by atoms with Crippen molar-refractivity contribution in [3.63, 3.8) is 0 Å². The number of carbonyl (C=O) groups is 1. The number of nitrogens with zero attached hydrogens (tertiary/aromatic N) is 2. The molecule has 4 rings (SSSR count). The molecule has 144 valence electrons. The molecule has 0 aliphatic rings. The Morgan fingerprint density at radius 1 is 1.07 bits per heavy atom. The van der Waals surface area contributed by atoms with E-state index in [0.717, 1.165) is 22.6 Å². The number of para-hydroxylation sites is 1. The summed E-state index contributed by atoms with van der Waals surface area (Å²) in [5.41, 5.74) is 3.39. The van der Waals surface area contributed by atoms with Crippen LogP contribution in [0.3, 0.4) is 0 Å². The Labute approximate surface area is 169 Å². The smallest absolute Gasteiger partial charge is 0.252 e. The van der Waals surface area contributed by atoms with Gasteiger partial charge in [-0.3, -0.25) is 4.79 Å². The van der Waals surface area contributed by atoms with Gasteiger partial charge >= 0.3 is 0 Å². The summed E-state index contributed by atoms with van der Waals surface area (Å²) in [5.74, 6) is 1.37. The second-order valence-electron chi connectivity index (χ2n) is 6.60. The van der Waals surface area contributed by atoms with Gasteiger partial charge in [0.1, 0.15) is 11.6 Å². The highest BCUT2D eigenvalue weighted by molar-refractivity contribution is 6.24. The lowest BCUT2D eigenvalue weighted by Crippen LogP contribution is -2.24. The quantitative estimate of drug-likeness (QED) is 0.494. The van der Waals surface area contributed by atoms with Crippen LogP contribution < -0.4 is 5.32 Å². The van der Waals surface area contributed by atoms with E-state index in [1.165, 1.54) is 0 Å². The summed E-state index contributed by atoms with van der Waals surface area (Å²) in [6.07, 6.45) is 7.04.